The van der Waals surface area contributed by atoms with E-state index in [-0.39, 0.29) is 24.1 Å². The van der Waals surface area contributed by atoms with Crippen molar-refractivity contribution in [2.75, 3.05) is 29.2 Å². The van der Waals surface area contributed by atoms with E-state index < -0.39 is 0 Å². The Morgan fingerprint density at radius 2 is 2.15 bits per heavy atom. The van der Waals surface area contributed by atoms with Crippen LogP contribution in [0.15, 0.2) is 23.6 Å². The summed E-state index contributed by atoms with van der Waals surface area (Å²) in [5.41, 5.74) is 1.63. The standard InChI is InChI=1S/C18H20N4O4S/c1-11(23)19-14-8-12(5-6-15(14)26-2)20-16(24)9-13-10-27-18(21-13)22-7-3-4-17(22)25/h5-6,8,10H,3-4,7,9H2,1-2H3,(H,19,23)(H,20,24). The maximum absolute atomic E-state index is 12.3. The highest BCUT2D eigenvalue weighted by molar-refractivity contribution is 7.14. The Morgan fingerprint density at radius 3 is 2.81 bits per heavy atom. The van der Waals surface area contributed by atoms with Crippen LogP contribution in [0.25, 0.3) is 0 Å². The topological polar surface area (TPSA) is 101 Å². The molecule has 1 fully saturated rings. The summed E-state index contributed by atoms with van der Waals surface area (Å²) in [6, 6.07) is 4.99. The Hall–Kier alpha value is -2.94. The molecular formula is C18H20N4O4S. The molecule has 27 heavy (non-hydrogen) atoms. The number of anilines is 3. The lowest BCUT2D eigenvalue weighted by atomic mass is 10.2. The summed E-state index contributed by atoms with van der Waals surface area (Å²) in [6.07, 6.45) is 1.48. The molecule has 2 heterocycles. The van der Waals surface area contributed by atoms with Crippen LogP contribution in [-0.2, 0) is 20.8 Å². The van der Waals surface area contributed by atoms with Gasteiger partial charge in [-0.2, -0.15) is 0 Å². The first-order valence-electron chi connectivity index (χ1n) is 8.46. The Bertz CT molecular complexity index is 880. The maximum Gasteiger partial charge on any atom is 0.230 e. The fraction of sp³-hybridized carbons (Fsp3) is 0.333. The number of carbonyl (C=O) groups excluding carboxylic acids is 3. The van der Waals surface area contributed by atoms with Crippen molar-refractivity contribution in [2.24, 2.45) is 0 Å². The first-order valence-corrected chi connectivity index (χ1v) is 9.34. The van der Waals surface area contributed by atoms with Gasteiger partial charge in [-0.3, -0.25) is 19.3 Å². The molecule has 1 aromatic carbocycles. The van der Waals surface area contributed by atoms with Gasteiger partial charge in [-0.05, 0) is 24.6 Å². The molecule has 1 aliphatic rings. The number of amides is 3. The number of aromatic nitrogens is 1. The molecule has 0 saturated carbocycles. The number of thiazole rings is 1. The van der Waals surface area contributed by atoms with Crippen LogP contribution in [0.1, 0.15) is 25.5 Å². The quantitative estimate of drug-likeness (QED) is 0.791. The smallest absolute Gasteiger partial charge is 0.230 e. The van der Waals surface area contributed by atoms with Crippen LogP contribution in [-0.4, -0.2) is 36.4 Å². The number of hydrogen-bond donors (Lipinski definition) is 2. The summed E-state index contributed by atoms with van der Waals surface area (Å²) < 4.78 is 5.19. The Labute approximate surface area is 160 Å². The van der Waals surface area contributed by atoms with Crippen LogP contribution < -0.4 is 20.3 Å². The molecule has 1 aromatic heterocycles. The highest BCUT2D eigenvalue weighted by Crippen LogP contribution is 2.28. The van der Waals surface area contributed by atoms with Crippen molar-refractivity contribution in [1.29, 1.82) is 0 Å². The SMILES string of the molecule is COc1ccc(NC(=O)Cc2csc(N3CCCC3=O)n2)cc1NC(C)=O. The molecule has 8 nitrogen and oxygen atoms in total. The molecule has 2 N–H and O–H groups in total. The lowest BCUT2D eigenvalue weighted by Gasteiger charge is -2.12. The number of hydrogen-bond acceptors (Lipinski definition) is 6. The fourth-order valence-electron chi connectivity index (χ4n) is 2.79. The number of rotatable bonds is 6. The van der Waals surface area contributed by atoms with Crippen LogP contribution in [0.3, 0.4) is 0 Å². The highest BCUT2D eigenvalue weighted by atomic mass is 32.1. The van der Waals surface area contributed by atoms with Gasteiger partial charge in [-0.15, -0.1) is 11.3 Å². The van der Waals surface area contributed by atoms with Crippen molar-refractivity contribution in [2.45, 2.75) is 26.2 Å². The summed E-state index contributed by atoms with van der Waals surface area (Å²) in [5.74, 6) is 0.105. The largest absolute Gasteiger partial charge is 0.495 e. The van der Waals surface area contributed by atoms with Gasteiger partial charge >= 0.3 is 0 Å². The third-order valence-electron chi connectivity index (χ3n) is 3.98. The molecule has 3 rings (SSSR count). The minimum absolute atomic E-state index is 0.0732. The second kappa shape index (κ2) is 8.17. The molecule has 1 aliphatic heterocycles. The van der Waals surface area contributed by atoms with Crippen molar-refractivity contribution >= 4 is 45.6 Å². The van der Waals surface area contributed by atoms with Crippen molar-refractivity contribution in [1.82, 2.24) is 4.98 Å². The Kier molecular flexibility index (Phi) is 5.70. The minimum Gasteiger partial charge on any atom is -0.495 e. The average Bonchev–Trinajstić information content (AvgIpc) is 3.23. The zero-order valence-corrected chi connectivity index (χ0v) is 15.9. The second-order valence-corrected chi connectivity index (χ2v) is 6.93. The molecule has 0 unspecified atom stereocenters. The van der Waals surface area contributed by atoms with Gasteiger partial charge in [-0.1, -0.05) is 0 Å². The zero-order chi connectivity index (χ0) is 19.4. The Balaban J connectivity index is 1.65. The van der Waals surface area contributed by atoms with E-state index in [1.54, 1.807) is 28.5 Å². The number of ether oxygens (including phenoxy) is 1. The van der Waals surface area contributed by atoms with Crippen molar-refractivity contribution in [3.05, 3.63) is 29.3 Å². The van der Waals surface area contributed by atoms with Gasteiger partial charge in [0.05, 0.1) is 24.9 Å². The summed E-state index contributed by atoms with van der Waals surface area (Å²) in [4.78, 5) is 41.5. The molecule has 2 aromatic rings. The first-order chi connectivity index (χ1) is 13.0. The average molecular weight is 388 g/mol. The van der Waals surface area contributed by atoms with Crippen molar-refractivity contribution in [3.8, 4) is 5.75 Å². The predicted molar refractivity (Wildman–Crippen MR) is 103 cm³/mol. The summed E-state index contributed by atoms with van der Waals surface area (Å²) in [6.45, 7) is 2.07. The molecule has 142 valence electrons. The van der Waals surface area contributed by atoms with Crippen LogP contribution >= 0.6 is 11.3 Å². The van der Waals surface area contributed by atoms with Crippen LogP contribution in [0.5, 0.6) is 5.75 Å². The molecule has 0 bridgehead atoms. The van der Waals surface area contributed by atoms with E-state index in [0.29, 0.717) is 40.9 Å². The molecule has 0 radical (unpaired) electrons. The number of methoxy groups -OCH3 is 1. The molecule has 0 spiro atoms. The minimum atomic E-state index is -0.237. The number of carbonyl (C=O) groups is 3. The zero-order valence-electron chi connectivity index (χ0n) is 15.1. The summed E-state index contributed by atoms with van der Waals surface area (Å²) >= 11 is 1.36. The number of nitrogens with one attached hydrogen (secondary N) is 2. The fourth-order valence-corrected chi connectivity index (χ4v) is 3.66. The van der Waals surface area contributed by atoms with Crippen LogP contribution in [0.4, 0.5) is 16.5 Å². The first kappa shape index (κ1) is 18.8. The van der Waals surface area contributed by atoms with Gasteiger partial charge in [0.1, 0.15) is 5.75 Å². The Morgan fingerprint density at radius 1 is 1.33 bits per heavy atom. The maximum atomic E-state index is 12.3. The van der Waals surface area contributed by atoms with Crippen molar-refractivity contribution < 1.29 is 19.1 Å². The lowest BCUT2D eigenvalue weighted by molar-refractivity contribution is -0.117. The van der Waals surface area contributed by atoms with Gasteiger partial charge in [0.2, 0.25) is 17.7 Å². The summed E-state index contributed by atoms with van der Waals surface area (Å²) in [5, 5.41) is 7.87. The van der Waals surface area contributed by atoms with Gasteiger partial charge in [0, 0.05) is 31.0 Å². The third-order valence-corrected chi connectivity index (χ3v) is 4.89. The van der Waals surface area contributed by atoms with E-state index in [1.807, 2.05) is 0 Å². The third kappa shape index (κ3) is 4.62. The molecular weight excluding hydrogens is 368 g/mol. The molecule has 9 heteroatoms. The van der Waals surface area contributed by atoms with E-state index >= 15 is 0 Å². The van der Waals surface area contributed by atoms with Gasteiger partial charge < -0.3 is 15.4 Å². The van der Waals surface area contributed by atoms with Crippen LogP contribution in [0, 0.1) is 0 Å². The van der Waals surface area contributed by atoms with E-state index in [2.05, 4.69) is 15.6 Å². The van der Waals surface area contributed by atoms with Gasteiger partial charge in [0.25, 0.3) is 0 Å². The lowest BCUT2D eigenvalue weighted by Crippen LogP contribution is -2.23. The number of benzene rings is 1. The van der Waals surface area contributed by atoms with Gasteiger partial charge in [-0.25, -0.2) is 4.98 Å². The predicted octanol–water partition coefficient (Wildman–Crippen LogP) is 2.42. The molecule has 1 saturated heterocycles. The molecule has 0 atom stereocenters. The van der Waals surface area contributed by atoms with Gasteiger partial charge in [0.15, 0.2) is 5.13 Å². The van der Waals surface area contributed by atoms with Crippen LogP contribution in [0.2, 0.25) is 0 Å². The van der Waals surface area contributed by atoms with Crippen molar-refractivity contribution in [3.63, 3.8) is 0 Å². The summed E-state index contributed by atoms with van der Waals surface area (Å²) in [7, 11) is 1.50. The van der Waals surface area contributed by atoms with E-state index in [9.17, 15) is 14.4 Å². The van der Waals surface area contributed by atoms with E-state index in [4.69, 9.17) is 4.74 Å². The molecule has 3 amide bonds. The molecule has 0 aliphatic carbocycles. The second-order valence-electron chi connectivity index (χ2n) is 6.09. The van der Waals surface area contributed by atoms with E-state index in [0.717, 1.165) is 6.42 Å². The highest BCUT2D eigenvalue weighted by Gasteiger charge is 2.24. The van der Waals surface area contributed by atoms with E-state index in [1.165, 1.54) is 25.4 Å². The normalized spacial score (nSPS) is 13.6. The number of nitrogens with zero attached hydrogens (tertiary/aromatic N) is 2. The monoisotopic (exact) mass is 388 g/mol.